The molecule has 0 aromatic carbocycles. The summed E-state index contributed by atoms with van der Waals surface area (Å²) in [6.45, 7) is 0. The minimum atomic E-state index is 0. The number of halogens is 1. The van der Waals surface area contributed by atoms with Crippen LogP contribution < -0.4 is 5.32 Å². The number of hydrogen-bond acceptors (Lipinski definition) is 2. The fourth-order valence-corrected chi connectivity index (χ4v) is 1.59. The molecule has 0 bridgehead atoms. The summed E-state index contributed by atoms with van der Waals surface area (Å²) in [5, 5.41) is 3.29. The maximum absolute atomic E-state index is 5.26. The Morgan fingerprint density at radius 3 is 2.09 bits per heavy atom. The van der Waals surface area contributed by atoms with E-state index in [4.69, 9.17) is 4.74 Å². The van der Waals surface area contributed by atoms with Gasteiger partial charge < -0.3 is 10.1 Å². The highest BCUT2D eigenvalue weighted by molar-refractivity contribution is 5.85. The maximum atomic E-state index is 5.26. The van der Waals surface area contributed by atoms with Gasteiger partial charge in [-0.05, 0) is 32.7 Å². The Labute approximate surface area is 75.1 Å². The molecule has 0 unspecified atom stereocenters. The first-order valence-corrected chi connectivity index (χ1v) is 4.07. The molecule has 0 heterocycles. The van der Waals surface area contributed by atoms with Crippen LogP contribution in [0.5, 0.6) is 0 Å². The summed E-state index contributed by atoms with van der Waals surface area (Å²) in [7, 11) is 3.85. The topological polar surface area (TPSA) is 21.3 Å². The average molecular weight is 180 g/mol. The first-order chi connectivity index (χ1) is 4.86. The largest absolute Gasteiger partial charge is 0.381 e. The molecular formula is C8H18ClNO. The molecule has 0 amide bonds. The molecule has 0 atom stereocenters. The highest BCUT2D eigenvalue weighted by Crippen LogP contribution is 2.19. The molecule has 11 heavy (non-hydrogen) atoms. The lowest BCUT2D eigenvalue weighted by Crippen LogP contribution is -2.32. The SMILES string of the molecule is CN[C@H]1CC[C@H](OC)CC1.Cl. The van der Waals surface area contributed by atoms with Crippen molar-refractivity contribution in [3.05, 3.63) is 0 Å². The quantitative estimate of drug-likeness (QED) is 0.695. The first-order valence-electron chi connectivity index (χ1n) is 4.07. The number of nitrogens with one attached hydrogen (secondary N) is 1. The van der Waals surface area contributed by atoms with Crippen LogP contribution in [0.2, 0.25) is 0 Å². The molecule has 0 radical (unpaired) electrons. The van der Waals surface area contributed by atoms with E-state index in [0.29, 0.717) is 6.10 Å². The highest BCUT2D eigenvalue weighted by atomic mass is 35.5. The Morgan fingerprint density at radius 1 is 1.18 bits per heavy atom. The van der Waals surface area contributed by atoms with Crippen molar-refractivity contribution in [2.24, 2.45) is 0 Å². The number of hydrogen-bond donors (Lipinski definition) is 1. The lowest BCUT2D eigenvalue weighted by atomic mass is 9.93. The third-order valence-corrected chi connectivity index (χ3v) is 2.42. The van der Waals surface area contributed by atoms with E-state index in [-0.39, 0.29) is 12.4 Å². The van der Waals surface area contributed by atoms with Crippen molar-refractivity contribution in [3.8, 4) is 0 Å². The molecule has 1 aliphatic rings. The standard InChI is InChI=1S/C8H17NO.ClH/c1-9-7-3-5-8(10-2)6-4-7;/h7-9H,3-6H2,1-2H3;1H/t7-,8-;. The molecule has 1 rings (SSSR count). The van der Waals surface area contributed by atoms with Gasteiger partial charge in [-0.25, -0.2) is 0 Å². The predicted octanol–water partition coefficient (Wildman–Crippen LogP) is 1.59. The van der Waals surface area contributed by atoms with Gasteiger partial charge in [0.2, 0.25) is 0 Å². The van der Waals surface area contributed by atoms with Crippen LogP contribution in [-0.2, 0) is 4.74 Å². The summed E-state index contributed by atoms with van der Waals surface area (Å²) in [4.78, 5) is 0. The van der Waals surface area contributed by atoms with Gasteiger partial charge in [-0.3, -0.25) is 0 Å². The monoisotopic (exact) mass is 179 g/mol. The van der Waals surface area contributed by atoms with Gasteiger partial charge in [0.15, 0.2) is 0 Å². The van der Waals surface area contributed by atoms with Crippen LogP contribution in [0.3, 0.4) is 0 Å². The zero-order valence-corrected chi connectivity index (χ0v) is 8.12. The van der Waals surface area contributed by atoms with Crippen molar-refractivity contribution < 1.29 is 4.74 Å². The molecule has 68 valence electrons. The second-order valence-corrected chi connectivity index (χ2v) is 3.00. The van der Waals surface area contributed by atoms with Gasteiger partial charge in [0.25, 0.3) is 0 Å². The molecule has 0 spiro atoms. The number of ether oxygens (including phenoxy) is 1. The van der Waals surface area contributed by atoms with E-state index in [1.807, 2.05) is 14.2 Å². The summed E-state index contributed by atoms with van der Waals surface area (Å²) in [6.07, 6.45) is 5.53. The second kappa shape index (κ2) is 5.81. The molecule has 0 aromatic rings. The van der Waals surface area contributed by atoms with Crippen molar-refractivity contribution in [1.29, 1.82) is 0 Å². The molecule has 3 heteroatoms. The third kappa shape index (κ3) is 3.41. The van der Waals surface area contributed by atoms with E-state index in [9.17, 15) is 0 Å². The van der Waals surface area contributed by atoms with Crippen LogP contribution in [0.4, 0.5) is 0 Å². The predicted molar refractivity (Wildman–Crippen MR) is 49.4 cm³/mol. The van der Waals surface area contributed by atoms with E-state index in [2.05, 4.69) is 5.32 Å². The molecule has 1 N–H and O–H groups in total. The van der Waals surface area contributed by atoms with Crippen LogP contribution >= 0.6 is 12.4 Å². The highest BCUT2D eigenvalue weighted by Gasteiger charge is 2.18. The zero-order chi connectivity index (χ0) is 7.40. The summed E-state index contributed by atoms with van der Waals surface area (Å²) in [5.41, 5.74) is 0. The van der Waals surface area contributed by atoms with E-state index in [1.54, 1.807) is 0 Å². The van der Waals surface area contributed by atoms with Crippen LogP contribution in [-0.4, -0.2) is 26.3 Å². The minimum Gasteiger partial charge on any atom is -0.381 e. The Morgan fingerprint density at radius 2 is 1.73 bits per heavy atom. The summed E-state index contributed by atoms with van der Waals surface area (Å²) < 4.78 is 5.26. The molecule has 1 fully saturated rings. The molecule has 1 aliphatic carbocycles. The molecule has 0 aliphatic heterocycles. The normalized spacial score (nSPS) is 31.1. The van der Waals surface area contributed by atoms with Crippen LogP contribution in [0.1, 0.15) is 25.7 Å². The molecule has 0 aromatic heterocycles. The average Bonchev–Trinajstić information content (AvgIpc) is 2.05. The smallest absolute Gasteiger partial charge is 0.0572 e. The van der Waals surface area contributed by atoms with E-state index in [0.717, 1.165) is 6.04 Å². The van der Waals surface area contributed by atoms with Crippen molar-refractivity contribution in [2.45, 2.75) is 37.8 Å². The Bertz CT molecular complexity index is 80.1. The van der Waals surface area contributed by atoms with Crippen LogP contribution in [0.15, 0.2) is 0 Å². The Balaban J connectivity index is 0.000001000. The second-order valence-electron chi connectivity index (χ2n) is 3.00. The van der Waals surface area contributed by atoms with Gasteiger partial charge in [0.1, 0.15) is 0 Å². The Kier molecular flexibility index (Phi) is 5.92. The lowest BCUT2D eigenvalue weighted by Gasteiger charge is -2.26. The van der Waals surface area contributed by atoms with Crippen molar-refractivity contribution in [2.75, 3.05) is 14.2 Å². The zero-order valence-electron chi connectivity index (χ0n) is 7.30. The number of methoxy groups -OCH3 is 1. The van der Waals surface area contributed by atoms with E-state index in [1.165, 1.54) is 25.7 Å². The van der Waals surface area contributed by atoms with Crippen molar-refractivity contribution in [1.82, 2.24) is 5.32 Å². The Hall–Kier alpha value is 0.210. The molecule has 1 saturated carbocycles. The summed E-state index contributed by atoms with van der Waals surface area (Å²) in [6, 6.07) is 0.742. The third-order valence-electron chi connectivity index (χ3n) is 2.42. The number of rotatable bonds is 2. The van der Waals surface area contributed by atoms with Gasteiger partial charge in [0, 0.05) is 13.2 Å². The lowest BCUT2D eigenvalue weighted by molar-refractivity contribution is 0.0634. The maximum Gasteiger partial charge on any atom is 0.0572 e. The summed E-state index contributed by atoms with van der Waals surface area (Å²) >= 11 is 0. The first kappa shape index (κ1) is 11.2. The molecule has 0 saturated heterocycles. The van der Waals surface area contributed by atoms with E-state index < -0.39 is 0 Å². The van der Waals surface area contributed by atoms with Crippen molar-refractivity contribution >= 4 is 12.4 Å². The summed E-state index contributed by atoms with van der Waals surface area (Å²) in [5.74, 6) is 0. The minimum absolute atomic E-state index is 0. The van der Waals surface area contributed by atoms with Gasteiger partial charge >= 0.3 is 0 Å². The van der Waals surface area contributed by atoms with Crippen LogP contribution in [0, 0.1) is 0 Å². The van der Waals surface area contributed by atoms with Crippen LogP contribution in [0.25, 0.3) is 0 Å². The fraction of sp³-hybridized carbons (Fsp3) is 1.00. The van der Waals surface area contributed by atoms with Gasteiger partial charge in [-0.2, -0.15) is 0 Å². The fourth-order valence-electron chi connectivity index (χ4n) is 1.59. The van der Waals surface area contributed by atoms with Gasteiger partial charge in [0.05, 0.1) is 6.10 Å². The van der Waals surface area contributed by atoms with E-state index >= 15 is 0 Å². The van der Waals surface area contributed by atoms with Gasteiger partial charge in [-0.15, -0.1) is 12.4 Å². The molecule has 2 nitrogen and oxygen atoms in total. The van der Waals surface area contributed by atoms with Gasteiger partial charge in [-0.1, -0.05) is 0 Å². The van der Waals surface area contributed by atoms with Crippen molar-refractivity contribution in [3.63, 3.8) is 0 Å². The molecular weight excluding hydrogens is 162 g/mol.